The number of hydrogen-bond donors (Lipinski definition) is 0. The summed E-state index contributed by atoms with van der Waals surface area (Å²) in [5, 5.41) is 12.2. The Balaban J connectivity index is 1.33. The van der Waals surface area contributed by atoms with Crippen LogP contribution in [0.4, 0.5) is 16.3 Å². The first-order chi connectivity index (χ1) is 22.1. The number of ether oxygens (including phenoxy) is 2. The third-order valence-electron chi connectivity index (χ3n) is 9.41. The van der Waals surface area contributed by atoms with Gasteiger partial charge in [-0.3, -0.25) is 0 Å². The molecule has 244 valence electrons. The van der Waals surface area contributed by atoms with E-state index in [4.69, 9.17) is 19.4 Å². The first-order valence-electron chi connectivity index (χ1n) is 16.7. The molecule has 2 aromatic carbocycles. The van der Waals surface area contributed by atoms with E-state index in [0.717, 1.165) is 49.4 Å². The zero-order valence-corrected chi connectivity index (χ0v) is 28.0. The molecular weight excluding hydrogens is 578 g/mol. The number of carbonyl (C=O) groups is 1. The van der Waals surface area contributed by atoms with Gasteiger partial charge in [-0.1, -0.05) is 29.8 Å². The normalized spacial score (nSPS) is 20.7. The molecule has 3 aromatic rings. The van der Waals surface area contributed by atoms with Crippen LogP contribution in [-0.2, 0) is 17.7 Å². The molecule has 2 fully saturated rings. The lowest BCUT2D eigenvalue weighted by molar-refractivity contribution is 0.0144. The largest absolute Gasteiger partial charge is 0.462 e. The van der Waals surface area contributed by atoms with Gasteiger partial charge in [0, 0.05) is 48.9 Å². The Kier molecular flexibility index (Phi) is 9.23. The fourth-order valence-corrected chi connectivity index (χ4v) is 7.02. The third-order valence-corrected chi connectivity index (χ3v) is 9.41. The maximum Gasteiger partial charge on any atom is 0.410 e. The molecule has 0 radical (unpaired) electrons. The average Bonchev–Trinajstić information content (AvgIpc) is 3.30. The number of benzene rings is 2. The predicted molar refractivity (Wildman–Crippen MR) is 180 cm³/mol. The van der Waals surface area contributed by atoms with E-state index in [2.05, 4.69) is 71.1 Å². The molecule has 1 unspecified atom stereocenters. The summed E-state index contributed by atoms with van der Waals surface area (Å²) in [6, 6.07) is 15.9. The zero-order chi connectivity index (χ0) is 32.4. The highest BCUT2D eigenvalue weighted by molar-refractivity contribution is 5.94. The van der Waals surface area contributed by atoms with E-state index >= 15 is 0 Å². The van der Waals surface area contributed by atoms with Crippen molar-refractivity contribution >= 4 is 28.4 Å². The molecule has 46 heavy (non-hydrogen) atoms. The lowest BCUT2D eigenvalue weighted by atomic mass is 10.0. The van der Waals surface area contributed by atoms with Gasteiger partial charge in [0.25, 0.3) is 0 Å². The summed E-state index contributed by atoms with van der Waals surface area (Å²) in [7, 11) is 2.15. The Hall–Kier alpha value is -4.10. The molecule has 3 aliphatic rings. The number of aromatic nitrogens is 2. The van der Waals surface area contributed by atoms with Gasteiger partial charge in [0.15, 0.2) is 0 Å². The summed E-state index contributed by atoms with van der Waals surface area (Å²) in [6.45, 7) is 12.4. The Bertz CT molecular complexity index is 1610. The van der Waals surface area contributed by atoms with Gasteiger partial charge in [-0.15, -0.1) is 0 Å². The second kappa shape index (κ2) is 13.3. The average molecular weight is 626 g/mol. The smallest absolute Gasteiger partial charge is 0.410 e. The van der Waals surface area contributed by atoms with Crippen molar-refractivity contribution in [1.82, 2.24) is 19.8 Å². The quantitative estimate of drug-likeness (QED) is 0.342. The number of carbonyl (C=O) groups excluding carboxylic acids is 1. The van der Waals surface area contributed by atoms with Gasteiger partial charge in [-0.05, 0) is 84.5 Å². The highest BCUT2D eigenvalue weighted by atomic mass is 16.6. The molecule has 2 atom stereocenters. The Labute approximate surface area is 272 Å². The molecule has 1 aromatic heterocycles. The number of likely N-dealkylation sites (N-methyl/N-ethyl adjacent to an activating group) is 1. The number of rotatable bonds is 6. The van der Waals surface area contributed by atoms with Crippen LogP contribution < -0.4 is 14.5 Å². The maximum atomic E-state index is 13.1. The third kappa shape index (κ3) is 7.00. The standard InChI is InChI=1S/C36H47N7O3/c1-25-13-14-26-9-6-12-32(30(26)21-25)41-18-8-11-29-31(23-41)38-34(45-24-28-10-7-17-40(28)5)39-33(29)42-19-20-43(27(22-42)15-16-37)35(44)46-36(2,3)4/h6,9,12-14,21,27-28H,7-8,10-11,15,17-20,22-24H2,1-5H3/t27?,28-/m0/s1. The first-order valence-corrected chi connectivity index (χ1v) is 16.7. The van der Waals surface area contributed by atoms with Gasteiger partial charge in [-0.2, -0.15) is 15.2 Å². The molecule has 1 amide bonds. The van der Waals surface area contributed by atoms with E-state index in [1.807, 2.05) is 20.8 Å². The van der Waals surface area contributed by atoms with Crippen LogP contribution in [-0.4, -0.2) is 89.9 Å². The highest BCUT2D eigenvalue weighted by Crippen LogP contribution is 2.35. The molecule has 10 nitrogen and oxygen atoms in total. The number of fused-ring (bicyclic) bond motifs is 2. The van der Waals surface area contributed by atoms with Crippen molar-refractivity contribution in [1.29, 1.82) is 5.26 Å². The van der Waals surface area contributed by atoms with Gasteiger partial charge in [-0.25, -0.2) is 4.79 Å². The molecule has 4 heterocycles. The van der Waals surface area contributed by atoms with E-state index in [1.54, 1.807) is 4.90 Å². The predicted octanol–water partition coefficient (Wildman–Crippen LogP) is 5.70. The minimum Gasteiger partial charge on any atom is -0.462 e. The Morgan fingerprint density at radius 2 is 1.89 bits per heavy atom. The topological polar surface area (TPSA) is 98.1 Å². The second-order valence-corrected chi connectivity index (χ2v) is 14.0. The van der Waals surface area contributed by atoms with Crippen LogP contribution in [0.25, 0.3) is 10.8 Å². The summed E-state index contributed by atoms with van der Waals surface area (Å²) in [5.41, 5.74) is 3.96. The molecule has 0 aliphatic carbocycles. The van der Waals surface area contributed by atoms with Gasteiger partial charge >= 0.3 is 12.1 Å². The monoisotopic (exact) mass is 625 g/mol. The lowest BCUT2D eigenvalue weighted by Crippen LogP contribution is -2.56. The summed E-state index contributed by atoms with van der Waals surface area (Å²) < 4.78 is 12.1. The maximum absolute atomic E-state index is 13.1. The highest BCUT2D eigenvalue weighted by Gasteiger charge is 2.36. The summed E-state index contributed by atoms with van der Waals surface area (Å²) in [5.74, 6) is 0.863. The van der Waals surface area contributed by atoms with Crippen molar-refractivity contribution in [3.8, 4) is 12.1 Å². The van der Waals surface area contributed by atoms with E-state index in [0.29, 0.717) is 44.8 Å². The molecule has 6 rings (SSSR count). The van der Waals surface area contributed by atoms with Gasteiger partial charge in [0.2, 0.25) is 0 Å². The number of hydrogen-bond acceptors (Lipinski definition) is 9. The fraction of sp³-hybridized carbons (Fsp3) is 0.556. The number of nitrogens with zero attached hydrogens (tertiary/aromatic N) is 7. The van der Waals surface area contributed by atoms with Gasteiger partial charge in [0.1, 0.15) is 18.0 Å². The van der Waals surface area contributed by atoms with Crippen molar-refractivity contribution in [3.63, 3.8) is 0 Å². The van der Waals surface area contributed by atoms with E-state index < -0.39 is 5.60 Å². The summed E-state index contributed by atoms with van der Waals surface area (Å²) in [4.78, 5) is 32.0. The molecular formula is C36H47N7O3. The first kappa shape index (κ1) is 31.9. The van der Waals surface area contributed by atoms with Crippen molar-refractivity contribution < 1.29 is 14.3 Å². The molecule has 0 spiro atoms. The van der Waals surface area contributed by atoms with Crippen molar-refractivity contribution in [3.05, 3.63) is 53.2 Å². The van der Waals surface area contributed by atoms with Crippen LogP contribution in [0.15, 0.2) is 36.4 Å². The van der Waals surface area contributed by atoms with Crippen molar-refractivity contribution in [2.45, 2.75) is 84.0 Å². The van der Waals surface area contributed by atoms with Crippen LogP contribution >= 0.6 is 0 Å². The fourth-order valence-electron chi connectivity index (χ4n) is 7.02. The Morgan fingerprint density at radius 1 is 1.04 bits per heavy atom. The minimum absolute atomic E-state index is 0.217. The second-order valence-electron chi connectivity index (χ2n) is 14.0. The number of anilines is 2. The summed E-state index contributed by atoms with van der Waals surface area (Å²) >= 11 is 0. The minimum atomic E-state index is -0.607. The van der Waals surface area contributed by atoms with Crippen LogP contribution in [0, 0.1) is 18.3 Å². The summed E-state index contributed by atoms with van der Waals surface area (Å²) in [6.07, 6.45) is 3.91. The molecule has 0 bridgehead atoms. The molecule has 0 saturated carbocycles. The van der Waals surface area contributed by atoms with E-state index in [1.165, 1.54) is 28.4 Å². The number of amides is 1. The molecule has 3 aliphatic heterocycles. The van der Waals surface area contributed by atoms with Crippen molar-refractivity contribution in [2.75, 3.05) is 56.2 Å². The Morgan fingerprint density at radius 3 is 2.65 bits per heavy atom. The molecule has 10 heteroatoms. The number of piperazine rings is 1. The van der Waals surface area contributed by atoms with Gasteiger partial charge < -0.3 is 29.1 Å². The SMILES string of the molecule is Cc1ccc2cccc(N3CCCc4c(nc(OC[C@@H]5CCCN5C)nc4N4CCN(C(=O)OC(C)(C)C)C(CC#N)C4)C3)c2c1. The lowest BCUT2D eigenvalue weighted by Gasteiger charge is -2.42. The van der Waals surface area contributed by atoms with Crippen LogP contribution in [0.2, 0.25) is 0 Å². The van der Waals surface area contributed by atoms with Crippen molar-refractivity contribution in [2.24, 2.45) is 0 Å². The van der Waals surface area contributed by atoms with E-state index in [9.17, 15) is 10.1 Å². The van der Waals surface area contributed by atoms with Crippen LogP contribution in [0.1, 0.15) is 63.3 Å². The van der Waals surface area contributed by atoms with Gasteiger partial charge in [0.05, 0.1) is 30.8 Å². The number of nitriles is 1. The zero-order valence-electron chi connectivity index (χ0n) is 28.0. The molecule has 2 saturated heterocycles. The molecule has 0 N–H and O–H groups in total. The number of aryl methyl sites for hydroxylation is 1. The van der Waals surface area contributed by atoms with Crippen LogP contribution in [0.3, 0.4) is 0 Å². The number of likely N-dealkylation sites (tertiary alicyclic amines) is 1. The van der Waals surface area contributed by atoms with E-state index in [-0.39, 0.29) is 18.6 Å². The van der Waals surface area contributed by atoms with Crippen LogP contribution in [0.5, 0.6) is 6.01 Å².